The number of allylic oxidation sites excluding steroid dienone is 4. The van der Waals surface area contributed by atoms with E-state index < -0.39 is 0 Å². The van der Waals surface area contributed by atoms with Gasteiger partial charge in [-0.05, 0) is 109 Å². The number of unbranched alkanes of at least 4 members (excludes halogenated alkanes) is 2. The maximum Gasteiger partial charge on any atom is 0.209 e. The second-order valence-electron chi connectivity index (χ2n) is 13.4. The molecule has 43 heavy (non-hydrogen) atoms. The van der Waals surface area contributed by atoms with Gasteiger partial charge in [-0.3, -0.25) is 0 Å². The van der Waals surface area contributed by atoms with Crippen molar-refractivity contribution in [2.75, 3.05) is 57.3 Å². The largest absolute Gasteiger partial charge is 0.344 e. The molecule has 2 aromatic rings. The number of likely N-dealkylation sites (N-methyl/N-ethyl adjacent to an activating group) is 1. The molecule has 4 aliphatic rings. The summed E-state index contributed by atoms with van der Waals surface area (Å²) >= 11 is 0. The Morgan fingerprint density at radius 2 is 1.30 bits per heavy atom. The van der Waals surface area contributed by atoms with E-state index in [9.17, 15) is 0 Å². The van der Waals surface area contributed by atoms with Crippen molar-refractivity contribution in [2.45, 2.75) is 89.9 Å². The number of nitrogens with zero attached hydrogens (tertiary/aromatic N) is 4. The van der Waals surface area contributed by atoms with E-state index in [4.69, 9.17) is 0 Å². The Morgan fingerprint density at radius 1 is 0.721 bits per heavy atom. The van der Waals surface area contributed by atoms with Crippen LogP contribution in [-0.2, 0) is 10.8 Å². The fourth-order valence-electron chi connectivity index (χ4n) is 8.82. The third kappa shape index (κ3) is 5.33. The van der Waals surface area contributed by atoms with Crippen molar-refractivity contribution in [1.82, 2.24) is 9.80 Å². The normalized spacial score (nSPS) is 22.4. The van der Waals surface area contributed by atoms with Gasteiger partial charge in [0.15, 0.2) is 5.71 Å². The van der Waals surface area contributed by atoms with Crippen molar-refractivity contribution >= 4 is 17.1 Å². The van der Waals surface area contributed by atoms with Gasteiger partial charge < -0.3 is 14.7 Å². The van der Waals surface area contributed by atoms with E-state index in [0.29, 0.717) is 0 Å². The van der Waals surface area contributed by atoms with Crippen LogP contribution in [0.25, 0.3) is 0 Å². The number of likely N-dealkylation sites (tertiary alicyclic amines) is 2. The molecule has 0 radical (unpaired) electrons. The molecule has 0 amide bonds. The second kappa shape index (κ2) is 13.1. The van der Waals surface area contributed by atoms with Gasteiger partial charge in [-0.15, -0.1) is 0 Å². The zero-order chi connectivity index (χ0) is 29.9. The third-order valence-electron chi connectivity index (χ3n) is 11.2. The maximum absolute atomic E-state index is 2.71. The molecule has 0 atom stereocenters. The van der Waals surface area contributed by atoms with Gasteiger partial charge in [0.05, 0.1) is 5.41 Å². The molecule has 2 aromatic carbocycles. The Hall–Kier alpha value is -2.69. The molecule has 4 heteroatoms. The second-order valence-corrected chi connectivity index (χ2v) is 13.4. The van der Waals surface area contributed by atoms with Crippen molar-refractivity contribution in [3.05, 3.63) is 83.6 Å². The number of para-hydroxylation sites is 2. The quantitative estimate of drug-likeness (QED) is 0.264. The number of benzene rings is 2. The van der Waals surface area contributed by atoms with Crippen molar-refractivity contribution in [1.29, 1.82) is 0 Å². The van der Waals surface area contributed by atoms with Crippen molar-refractivity contribution < 1.29 is 4.58 Å². The van der Waals surface area contributed by atoms with Crippen molar-refractivity contribution in [2.24, 2.45) is 0 Å². The predicted molar refractivity (Wildman–Crippen MR) is 183 cm³/mol. The summed E-state index contributed by atoms with van der Waals surface area (Å²) in [6.45, 7) is 18.6. The Morgan fingerprint density at radius 3 is 1.91 bits per heavy atom. The van der Waals surface area contributed by atoms with Crippen LogP contribution in [0.3, 0.4) is 0 Å². The molecule has 2 spiro atoms. The fraction of sp³-hybridized carbons (Fsp3) is 0.564. The van der Waals surface area contributed by atoms with Crippen LogP contribution in [0.5, 0.6) is 0 Å². The first kappa shape index (κ1) is 30.3. The minimum absolute atomic E-state index is 0.121. The lowest BCUT2D eigenvalue weighted by Gasteiger charge is -2.41. The third-order valence-corrected chi connectivity index (χ3v) is 11.2. The highest BCUT2D eigenvalue weighted by Crippen LogP contribution is 2.53. The highest BCUT2D eigenvalue weighted by Gasteiger charge is 2.52. The van der Waals surface area contributed by atoms with Crippen LogP contribution in [0.2, 0.25) is 0 Å². The van der Waals surface area contributed by atoms with Crippen LogP contribution in [0.4, 0.5) is 11.4 Å². The summed E-state index contributed by atoms with van der Waals surface area (Å²) in [6, 6.07) is 18.5. The maximum atomic E-state index is 2.71. The first-order chi connectivity index (χ1) is 21.1. The molecule has 2 saturated heterocycles. The number of fused-ring (bicyclic) bond motifs is 4. The Labute approximate surface area is 261 Å². The predicted octanol–water partition coefficient (Wildman–Crippen LogP) is 8.05. The Kier molecular flexibility index (Phi) is 9.26. The SMILES string of the molecule is CCCCN1CCC2(CC1)C(=CC=CC1=[N+](CC)c3ccccc3C13CCN(CCCC)CC3)N(CC)c1ccccc12. The van der Waals surface area contributed by atoms with Gasteiger partial charge in [-0.2, -0.15) is 4.58 Å². The lowest BCUT2D eigenvalue weighted by molar-refractivity contribution is -0.433. The molecule has 2 fully saturated rings. The van der Waals surface area contributed by atoms with Crippen LogP contribution in [0, 0.1) is 0 Å². The number of hydrogen-bond acceptors (Lipinski definition) is 3. The average Bonchev–Trinajstić information content (AvgIpc) is 3.46. The lowest BCUT2D eigenvalue weighted by Crippen LogP contribution is -2.46. The molecular formula is C39H55N4+. The molecule has 0 aliphatic carbocycles. The van der Waals surface area contributed by atoms with Crippen LogP contribution < -0.4 is 4.90 Å². The zero-order valence-electron chi connectivity index (χ0n) is 27.5. The highest BCUT2D eigenvalue weighted by atomic mass is 15.2. The molecule has 0 aromatic heterocycles. The summed E-state index contributed by atoms with van der Waals surface area (Å²) in [7, 11) is 0. The average molecular weight is 580 g/mol. The molecule has 230 valence electrons. The van der Waals surface area contributed by atoms with E-state index >= 15 is 0 Å². The summed E-state index contributed by atoms with van der Waals surface area (Å²) in [5.41, 5.74) is 9.25. The first-order valence-electron chi connectivity index (χ1n) is 17.6. The standard InChI is InChI=1S/C39H55N4/c1-5-9-26-40-28-22-38(23-29-40)32-16-11-13-18-34(32)42(7-3)36(38)20-15-21-37-39(24-30-41(31-25-39)27-10-6-2)33-17-12-14-19-35(33)43(37)8-4/h11-21H,5-10,22-31H2,1-4H3/q+1. The highest BCUT2D eigenvalue weighted by molar-refractivity contribution is 6.04. The van der Waals surface area contributed by atoms with Gasteiger partial charge in [0.2, 0.25) is 5.69 Å². The Bertz CT molecular complexity index is 1350. The number of rotatable bonds is 10. The minimum atomic E-state index is 0.121. The van der Waals surface area contributed by atoms with Crippen LogP contribution in [-0.4, -0.2) is 72.4 Å². The zero-order valence-corrected chi connectivity index (χ0v) is 27.5. The first-order valence-corrected chi connectivity index (χ1v) is 17.6. The smallest absolute Gasteiger partial charge is 0.209 e. The molecular weight excluding hydrogens is 524 g/mol. The van der Waals surface area contributed by atoms with Crippen molar-refractivity contribution in [3.63, 3.8) is 0 Å². The Balaban J connectivity index is 1.35. The van der Waals surface area contributed by atoms with Gasteiger partial charge in [-0.25, -0.2) is 0 Å². The van der Waals surface area contributed by atoms with E-state index in [1.54, 1.807) is 11.1 Å². The summed E-state index contributed by atoms with van der Waals surface area (Å²) in [4.78, 5) is 8.04. The van der Waals surface area contributed by atoms with Gasteiger partial charge in [-0.1, -0.05) is 69.2 Å². The van der Waals surface area contributed by atoms with Gasteiger partial charge in [0.1, 0.15) is 6.54 Å². The van der Waals surface area contributed by atoms with E-state index in [-0.39, 0.29) is 10.8 Å². The molecule has 4 heterocycles. The summed E-state index contributed by atoms with van der Waals surface area (Å²) in [5, 5.41) is 0. The topological polar surface area (TPSA) is 12.7 Å². The summed E-state index contributed by atoms with van der Waals surface area (Å²) in [6.07, 6.45) is 17.5. The van der Waals surface area contributed by atoms with Gasteiger partial charge in [0, 0.05) is 41.1 Å². The fourth-order valence-corrected chi connectivity index (χ4v) is 8.82. The molecule has 6 rings (SSSR count). The molecule has 0 unspecified atom stereocenters. The molecule has 0 saturated carbocycles. The lowest BCUT2D eigenvalue weighted by atomic mass is 9.70. The van der Waals surface area contributed by atoms with Crippen LogP contribution in [0.15, 0.2) is 72.5 Å². The molecule has 0 N–H and O–H groups in total. The van der Waals surface area contributed by atoms with E-state index in [2.05, 4.69) is 114 Å². The number of hydrogen-bond donors (Lipinski definition) is 0. The van der Waals surface area contributed by atoms with E-state index in [1.807, 2.05) is 0 Å². The number of piperidine rings is 2. The van der Waals surface area contributed by atoms with Gasteiger partial charge in [0.25, 0.3) is 0 Å². The van der Waals surface area contributed by atoms with Crippen molar-refractivity contribution in [3.8, 4) is 0 Å². The van der Waals surface area contributed by atoms with E-state index in [0.717, 1.165) is 13.1 Å². The van der Waals surface area contributed by atoms with Crippen LogP contribution in [0.1, 0.15) is 90.2 Å². The number of anilines is 1. The van der Waals surface area contributed by atoms with E-state index in [1.165, 1.54) is 113 Å². The van der Waals surface area contributed by atoms with Crippen LogP contribution >= 0.6 is 0 Å². The molecule has 4 nitrogen and oxygen atoms in total. The molecule has 4 aliphatic heterocycles. The monoisotopic (exact) mass is 579 g/mol. The summed E-state index contributed by atoms with van der Waals surface area (Å²) < 4.78 is 2.62. The summed E-state index contributed by atoms with van der Waals surface area (Å²) in [5.74, 6) is 0. The minimum Gasteiger partial charge on any atom is -0.344 e. The van der Waals surface area contributed by atoms with Gasteiger partial charge >= 0.3 is 0 Å². The molecule has 0 bridgehead atoms.